The third kappa shape index (κ3) is 7.55. The van der Waals surface area contributed by atoms with E-state index in [0.717, 1.165) is 13.0 Å². The second-order valence-corrected chi connectivity index (χ2v) is 8.14. The summed E-state index contributed by atoms with van der Waals surface area (Å²) in [4.78, 5) is 22.1. The number of benzene rings is 1. The molecule has 0 heterocycles. The van der Waals surface area contributed by atoms with Crippen LogP contribution in [-0.4, -0.2) is 30.5 Å². The summed E-state index contributed by atoms with van der Waals surface area (Å²) in [6.07, 6.45) is 1.11. The monoisotopic (exact) mass is 335 g/mol. The van der Waals surface area contributed by atoms with Crippen molar-refractivity contribution in [1.29, 1.82) is 0 Å². The number of non-ortho nitro benzene ring substituents is 1. The Morgan fingerprint density at radius 3 is 2.17 bits per heavy atom. The lowest BCUT2D eigenvalue weighted by Gasteiger charge is -2.32. The van der Waals surface area contributed by atoms with Crippen molar-refractivity contribution in [2.24, 2.45) is 10.8 Å². The lowest BCUT2D eigenvalue weighted by atomic mass is 9.76. The van der Waals surface area contributed by atoms with E-state index in [1.165, 1.54) is 24.3 Å². The zero-order valence-electron chi connectivity index (χ0n) is 15.3. The fourth-order valence-electron chi connectivity index (χ4n) is 3.03. The van der Waals surface area contributed by atoms with E-state index < -0.39 is 4.92 Å². The van der Waals surface area contributed by atoms with Gasteiger partial charge in [-0.15, -0.1) is 0 Å². The predicted octanol–water partition coefficient (Wildman–Crippen LogP) is 3.38. The molecule has 2 N–H and O–H groups in total. The average Bonchev–Trinajstić information content (AvgIpc) is 2.44. The summed E-state index contributed by atoms with van der Waals surface area (Å²) < 4.78 is 0. The highest BCUT2D eigenvalue weighted by atomic mass is 16.6. The molecule has 6 nitrogen and oxygen atoms in total. The van der Waals surface area contributed by atoms with Crippen LogP contribution in [0.25, 0.3) is 0 Å². The van der Waals surface area contributed by atoms with Crippen molar-refractivity contribution < 1.29 is 9.72 Å². The molecule has 0 unspecified atom stereocenters. The van der Waals surface area contributed by atoms with Crippen molar-refractivity contribution in [2.45, 2.75) is 41.0 Å². The minimum atomic E-state index is -0.481. The van der Waals surface area contributed by atoms with Crippen molar-refractivity contribution in [3.63, 3.8) is 0 Å². The van der Waals surface area contributed by atoms with Gasteiger partial charge in [0.1, 0.15) is 0 Å². The topological polar surface area (TPSA) is 84.3 Å². The molecule has 24 heavy (non-hydrogen) atoms. The summed E-state index contributed by atoms with van der Waals surface area (Å²) in [6.45, 7) is 13.3. The molecule has 0 aliphatic carbocycles. The smallest absolute Gasteiger partial charge is 0.269 e. The molecule has 0 fully saturated rings. The molecule has 1 aromatic rings. The van der Waals surface area contributed by atoms with E-state index in [4.69, 9.17) is 0 Å². The SMILES string of the molecule is CC(C)(C)CC(C)(C)CNCCNC(=O)c1ccc([N+](=O)[O-])cc1. The average molecular weight is 335 g/mol. The molecule has 1 rings (SSSR count). The van der Waals surface area contributed by atoms with Crippen LogP contribution in [0.2, 0.25) is 0 Å². The molecule has 0 bridgehead atoms. The first-order valence-electron chi connectivity index (χ1n) is 8.24. The Bertz CT molecular complexity index is 560. The van der Waals surface area contributed by atoms with Crippen molar-refractivity contribution in [1.82, 2.24) is 10.6 Å². The molecule has 0 aromatic heterocycles. The van der Waals surface area contributed by atoms with Gasteiger partial charge in [-0.3, -0.25) is 14.9 Å². The molecular formula is C18H29N3O3. The molecule has 134 valence electrons. The summed E-state index contributed by atoms with van der Waals surface area (Å²) in [5.74, 6) is -0.222. The quantitative estimate of drug-likeness (QED) is 0.433. The molecule has 1 amide bonds. The molecular weight excluding hydrogens is 306 g/mol. The molecule has 0 saturated heterocycles. The van der Waals surface area contributed by atoms with Crippen molar-refractivity contribution in [3.05, 3.63) is 39.9 Å². The van der Waals surface area contributed by atoms with Crippen LogP contribution in [0.1, 0.15) is 51.4 Å². The normalized spacial score (nSPS) is 12.0. The number of carbonyl (C=O) groups is 1. The maximum Gasteiger partial charge on any atom is 0.269 e. The minimum absolute atomic E-state index is 0.0192. The van der Waals surface area contributed by atoms with Gasteiger partial charge in [0.15, 0.2) is 0 Å². The highest BCUT2D eigenvalue weighted by molar-refractivity contribution is 5.94. The number of hydrogen-bond donors (Lipinski definition) is 2. The zero-order chi connectivity index (χ0) is 18.4. The Balaban J connectivity index is 2.32. The minimum Gasteiger partial charge on any atom is -0.351 e. The van der Waals surface area contributed by atoms with E-state index in [-0.39, 0.29) is 22.4 Å². The summed E-state index contributed by atoms with van der Waals surface area (Å²) >= 11 is 0. The van der Waals surface area contributed by atoms with Crippen LogP contribution in [0, 0.1) is 20.9 Å². The van der Waals surface area contributed by atoms with Crippen LogP contribution < -0.4 is 10.6 Å². The number of hydrogen-bond acceptors (Lipinski definition) is 4. The van der Waals surface area contributed by atoms with Gasteiger partial charge in [-0.2, -0.15) is 0 Å². The molecule has 0 spiro atoms. The largest absolute Gasteiger partial charge is 0.351 e. The number of nitro benzene ring substituents is 1. The van der Waals surface area contributed by atoms with Gasteiger partial charge >= 0.3 is 0 Å². The van der Waals surface area contributed by atoms with Crippen LogP contribution in [0.4, 0.5) is 5.69 Å². The van der Waals surface area contributed by atoms with E-state index in [0.29, 0.717) is 18.7 Å². The molecule has 0 radical (unpaired) electrons. The van der Waals surface area contributed by atoms with E-state index >= 15 is 0 Å². The maximum absolute atomic E-state index is 12.0. The Labute approximate surface area is 144 Å². The molecule has 0 saturated carbocycles. The van der Waals surface area contributed by atoms with Gasteiger partial charge in [-0.05, 0) is 29.4 Å². The summed E-state index contributed by atoms with van der Waals surface area (Å²) in [5, 5.41) is 16.8. The number of nitrogens with zero attached hydrogens (tertiary/aromatic N) is 1. The summed E-state index contributed by atoms with van der Waals surface area (Å²) in [7, 11) is 0. The summed E-state index contributed by atoms with van der Waals surface area (Å²) in [6, 6.07) is 5.60. The second-order valence-electron chi connectivity index (χ2n) is 8.14. The standard InChI is InChI=1S/C18H29N3O3/c1-17(2,3)12-18(4,5)13-19-10-11-20-16(22)14-6-8-15(9-7-14)21(23)24/h6-9,19H,10-13H2,1-5H3,(H,20,22). The molecule has 6 heteroatoms. The Kier molecular flexibility index (Phi) is 6.90. The number of amides is 1. The molecule has 1 aromatic carbocycles. The summed E-state index contributed by atoms with van der Waals surface area (Å²) in [5.41, 5.74) is 0.888. The van der Waals surface area contributed by atoms with Crippen LogP contribution in [-0.2, 0) is 0 Å². The van der Waals surface area contributed by atoms with Gasteiger partial charge in [-0.1, -0.05) is 34.6 Å². The second kappa shape index (κ2) is 8.24. The number of nitrogens with one attached hydrogen (secondary N) is 2. The first kappa shape index (κ1) is 20.1. The number of rotatable bonds is 8. The maximum atomic E-state index is 12.0. The van der Waals surface area contributed by atoms with Crippen LogP contribution in [0.5, 0.6) is 0 Å². The Morgan fingerprint density at radius 2 is 1.67 bits per heavy atom. The van der Waals surface area contributed by atoms with Gasteiger partial charge in [-0.25, -0.2) is 0 Å². The Hall–Kier alpha value is -1.95. The van der Waals surface area contributed by atoms with Crippen molar-refractivity contribution in [3.8, 4) is 0 Å². The van der Waals surface area contributed by atoms with Crippen LogP contribution in [0.3, 0.4) is 0 Å². The molecule has 0 aliphatic heterocycles. The van der Waals surface area contributed by atoms with Crippen LogP contribution in [0.15, 0.2) is 24.3 Å². The van der Waals surface area contributed by atoms with E-state index in [9.17, 15) is 14.9 Å². The third-order valence-corrected chi connectivity index (χ3v) is 3.54. The van der Waals surface area contributed by atoms with Crippen molar-refractivity contribution in [2.75, 3.05) is 19.6 Å². The van der Waals surface area contributed by atoms with E-state index in [2.05, 4.69) is 45.3 Å². The van der Waals surface area contributed by atoms with Gasteiger partial charge in [0.05, 0.1) is 4.92 Å². The predicted molar refractivity (Wildman–Crippen MR) is 96.2 cm³/mol. The van der Waals surface area contributed by atoms with Crippen LogP contribution >= 0.6 is 0 Å². The molecule has 0 aliphatic rings. The van der Waals surface area contributed by atoms with E-state index in [1.807, 2.05) is 0 Å². The number of nitro groups is 1. The highest BCUT2D eigenvalue weighted by Crippen LogP contribution is 2.32. The van der Waals surface area contributed by atoms with E-state index in [1.54, 1.807) is 0 Å². The molecule has 0 atom stereocenters. The first-order chi connectivity index (χ1) is 11.0. The van der Waals surface area contributed by atoms with Crippen molar-refractivity contribution >= 4 is 11.6 Å². The fourth-order valence-corrected chi connectivity index (χ4v) is 3.03. The lowest BCUT2D eigenvalue weighted by Crippen LogP contribution is -2.37. The van der Waals surface area contributed by atoms with Gasteiger partial charge in [0.2, 0.25) is 0 Å². The van der Waals surface area contributed by atoms with Gasteiger partial charge < -0.3 is 10.6 Å². The highest BCUT2D eigenvalue weighted by Gasteiger charge is 2.24. The number of carbonyl (C=O) groups excluding carboxylic acids is 1. The fraction of sp³-hybridized carbons (Fsp3) is 0.611. The lowest BCUT2D eigenvalue weighted by molar-refractivity contribution is -0.384. The van der Waals surface area contributed by atoms with Gasteiger partial charge in [0, 0.05) is 37.3 Å². The third-order valence-electron chi connectivity index (χ3n) is 3.54. The van der Waals surface area contributed by atoms with Gasteiger partial charge in [0.25, 0.3) is 11.6 Å². The Morgan fingerprint density at radius 1 is 1.08 bits per heavy atom. The zero-order valence-corrected chi connectivity index (χ0v) is 15.3. The first-order valence-corrected chi connectivity index (χ1v) is 8.24.